The molecule has 0 amide bonds. The summed E-state index contributed by atoms with van der Waals surface area (Å²) in [4.78, 5) is 45.7. The molecule has 0 saturated carbocycles. The summed E-state index contributed by atoms with van der Waals surface area (Å²) in [7, 11) is -4.72. The molecule has 0 rings (SSSR count). The van der Waals surface area contributed by atoms with Gasteiger partial charge in [-0.2, -0.15) is 0 Å². The van der Waals surface area contributed by atoms with E-state index in [2.05, 4.69) is 79.1 Å². The highest BCUT2D eigenvalue weighted by Gasteiger charge is 2.28. The van der Waals surface area contributed by atoms with Gasteiger partial charge in [-0.15, -0.1) is 0 Å². The number of rotatable bonds is 34. The van der Waals surface area contributed by atoms with E-state index >= 15 is 0 Å². The predicted molar refractivity (Wildman–Crippen MR) is 203 cm³/mol. The highest BCUT2D eigenvalue weighted by Crippen LogP contribution is 2.43. The third-order valence-electron chi connectivity index (χ3n) is 7.50. The molecule has 0 aliphatic carbocycles. The quantitative estimate of drug-likeness (QED) is 0.0249. The Hall–Kier alpha value is -2.82. The summed E-state index contributed by atoms with van der Waals surface area (Å²) in [5.74, 6) is -2.45. The first-order valence-electron chi connectivity index (χ1n) is 18.8. The number of carbonyl (C=O) groups excluding carboxylic acids is 2. The standard InChI is InChI=1S/C39H66NO10P/c1-3-5-7-9-11-13-15-17-18-19-21-22-24-26-28-30-37(41)47-32-35(33-48-51(45,46)49-34-36(40)39(43)44)50-38(42)31-29-27-25-23-20-16-14-12-10-8-6-4-2/h5,7,11-14,17-18,21-22,35-36H,3-4,6,8-10,15-16,19-20,23-34,40H2,1-2H3,(H,43,44)(H,45,46)/b7-5-,13-11-,14-12-,18-17-,22-21-/t35-,36+/m1/s1. The molecule has 0 aliphatic heterocycles. The minimum absolute atomic E-state index is 0.139. The topological polar surface area (TPSA) is 172 Å². The molecule has 51 heavy (non-hydrogen) atoms. The number of nitrogens with two attached hydrogens (primary N) is 1. The maximum absolute atomic E-state index is 12.5. The summed E-state index contributed by atoms with van der Waals surface area (Å²) in [5, 5.41) is 8.85. The number of unbranched alkanes of at least 4 members (excludes halogenated alkanes) is 10. The van der Waals surface area contributed by atoms with Crippen LogP contribution in [0.1, 0.15) is 136 Å². The van der Waals surface area contributed by atoms with E-state index in [0.29, 0.717) is 12.8 Å². The van der Waals surface area contributed by atoms with Crippen molar-refractivity contribution in [3.05, 3.63) is 60.8 Å². The van der Waals surface area contributed by atoms with Crippen molar-refractivity contribution in [2.24, 2.45) is 5.73 Å². The zero-order valence-corrected chi connectivity index (χ0v) is 32.1. The molecule has 0 heterocycles. The summed E-state index contributed by atoms with van der Waals surface area (Å²) >= 11 is 0. The van der Waals surface area contributed by atoms with Gasteiger partial charge in [0.15, 0.2) is 6.10 Å². The number of phosphoric acid groups is 1. The summed E-state index contributed by atoms with van der Waals surface area (Å²) in [6, 6.07) is -1.53. The zero-order valence-electron chi connectivity index (χ0n) is 31.2. The maximum atomic E-state index is 12.5. The largest absolute Gasteiger partial charge is 0.480 e. The van der Waals surface area contributed by atoms with Gasteiger partial charge >= 0.3 is 25.7 Å². The lowest BCUT2D eigenvalue weighted by Gasteiger charge is -2.20. The van der Waals surface area contributed by atoms with Gasteiger partial charge in [0.1, 0.15) is 12.6 Å². The molecule has 292 valence electrons. The van der Waals surface area contributed by atoms with Gasteiger partial charge in [0.05, 0.1) is 13.2 Å². The number of ether oxygens (including phenoxy) is 2. The molecular formula is C39H66NO10P. The summed E-state index contributed by atoms with van der Waals surface area (Å²) < 4.78 is 32.5. The number of esters is 2. The van der Waals surface area contributed by atoms with E-state index in [9.17, 15) is 23.8 Å². The van der Waals surface area contributed by atoms with E-state index in [0.717, 1.165) is 77.0 Å². The Labute approximate surface area is 307 Å². The van der Waals surface area contributed by atoms with Gasteiger partial charge in [0, 0.05) is 12.8 Å². The van der Waals surface area contributed by atoms with Crippen molar-refractivity contribution in [3.8, 4) is 0 Å². The minimum atomic E-state index is -4.72. The fourth-order valence-corrected chi connectivity index (χ4v) is 5.30. The predicted octanol–water partition coefficient (Wildman–Crippen LogP) is 9.22. The summed E-state index contributed by atoms with van der Waals surface area (Å²) in [6.07, 6.45) is 37.3. The minimum Gasteiger partial charge on any atom is -0.480 e. The molecule has 11 nitrogen and oxygen atoms in total. The van der Waals surface area contributed by atoms with Crippen molar-refractivity contribution < 1.29 is 47.5 Å². The monoisotopic (exact) mass is 739 g/mol. The van der Waals surface area contributed by atoms with Crippen LogP contribution in [-0.4, -0.2) is 59.9 Å². The van der Waals surface area contributed by atoms with Crippen LogP contribution in [0.4, 0.5) is 0 Å². The Balaban J connectivity index is 4.54. The molecule has 3 atom stereocenters. The van der Waals surface area contributed by atoms with Crippen LogP contribution in [0.2, 0.25) is 0 Å². The van der Waals surface area contributed by atoms with Crippen LogP contribution in [0.3, 0.4) is 0 Å². The average Bonchev–Trinajstić information content (AvgIpc) is 3.10. The maximum Gasteiger partial charge on any atom is 0.472 e. The van der Waals surface area contributed by atoms with E-state index in [4.69, 9.17) is 24.8 Å². The van der Waals surface area contributed by atoms with Crippen LogP contribution >= 0.6 is 7.82 Å². The third kappa shape index (κ3) is 34.1. The first-order valence-corrected chi connectivity index (χ1v) is 20.3. The molecule has 1 unspecified atom stereocenters. The number of carboxylic acid groups (broad SMARTS) is 1. The van der Waals surface area contributed by atoms with E-state index < -0.39 is 51.1 Å². The van der Waals surface area contributed by atoms with E-state index in [1.54, 1.807) is 0 Å². The molecule has 0 aromatic heterocycles. The van der Waals surface area contributed by atoms with Crippen molar-refractivity contribution in [2.45, 2.75) is 148 Å². The molecular weight excluding hydrogens is 673 g/mol. The molecule has 0 aromatic carbocycles. The van der Waals surface area contributed by atoms with Crippen LogP contribution in [-0.2, 0) is 37.5 Å². The van der Waals surface area contributed by atoms with Gasteiger partial charge in [-0.05, 0) is 77.0 Å². The van der Waals surface area contributed by atoms with Crippen LogP contribution in [0.15, 0.2) is 60.8 Å². The van der Waals surface area contributed by atoms with E-state index in [1.807, 2.05) is 0 Å². The first kappa shape index (κ1) is 48.2. The zero-order chi connectivity index (χ0) is 37.8. The number of hydrogen-bond donors (Lipinski definition) is 3. The number of aliphatic carboxylic acids is 1. The molecule has 0 radical (unpaired) electrons. The van der Waals surface area contributed by atoms with E-state index in [1.165, 1.54) is 19.3 Å². The van der Waals surface area contributed by atoms with Crippen LogP contribution < -0.4 is 5.73 Å². The number of carbonyl (C=O) groups is 3. The number of hydrogen-bond acceptors (Lipinski definition) is 9. The molecule has 0 aromatic rings. The Morgan fingerprint density at radius 3 is 1.71 bits per heavy atom. The average molecular weight is 740 g/mol. The SMILES string of the molecule is CC/C=C\C/C=C\C/C=C\C/C=C\CCCCC(=O)OC[C@H](COP(=O)(O)OC[C@H](N)C(=O)O)OC(=O)CCCCCCC/C=C\CCCCC. The smallest absolute Gasteiger partial charge is 0.472 e. The summed E-state index contributed by atoms with van der Waals surface area (Å²) in [6.45, 7) is 2.57. The number of allylic oxidation sites excluding steroid dienone is 10. The second-order valence-corrected chi connectivity index (χ2v) is 13.8. The molecule has 4 N–H and O–H groups in total. The van der Waals surface area contributed by atoms with Gasteiger partial charge in [0.25, 0.3) is 0 Å². The van der Waals surface area contributed by atoms with Crippen molar-refractivity contribution in [1.82, 2.24) is 0 Å². The molecule has 0 spiro atoms. The van der Waals surface area contributed by atoms with Gasteiger partial charge in [-0.3, -0.25) is 23.4 Å². The normalized spacial score (nSPS) is 14.6. The Kier molecular flexibility index (Phi) is 32.4. The molecule has 12 heteroatoms. The van der Waals surface area contributed by atoms with E-state index in [-0.39, 0.29) is 19.4 Å². The van der Waals surface area contributed by atoms with Crippen molar-refractivity contribution in [3.63, 3.8) is 0 Å². The van der Waals surface area contributed by atoms with Crippen LogP contribution in [0.25, 0.3) is 0 Å². The second-order valence-electron chi connectivity index (χ2n) is 12.3. The lowest BCUT2D eigenvalue weighted by molar-refractivity contribution is -0.161. The fourth-order valence-electron chi connectivity index (χ4n) is 4.52. The molecule has 0 fully saturated rings. The first-order chi connectivity index (χ1) is 24.6. The summed E-state index contributed by atoms with van der Waals surface area (Å²) in [5.41, 5.74) is 5.31. The van der Waals surface area contributed by atoms with Gasteiger partial charge < -0.3 is 25.2 Å². The fraction of sp³-hybridized carbons (Fsp3) is 0.667. The third-order valence-corrected chi connectivity index (χ3v) is 8.45. The van der Waals surface area contributed by atoms with Gasteiger partial charge in [-0.1, -0.05) is 107 Å². The Morgan fingerprint density at radius 2 is 1.10 bits per heavy atom. The van der Waals surface area contributed by atoms with Crippen molar-refractivity contribution in [1.29, 1.82) is 0 Å². The lowest BCUT2D eigenvalue weighted by atomic mass is 10.1. The molecule has 0 aliphatic rings. The number of carboxylic acids is 1. The highest BCUT2D eigenvalue weighted by atomic mass is 31.2. The lowest BCUT2D eigenvalue weighted by Crippen LogP contribution is -2.34. The molecule has 0 saturated heterocycles. The Morgan fingerprint density at radius 1 is 0.627 bits per heavy atom. The Bertz CT molecular complexity index is 1100. The highest BCUT2D eigenvalue weighted by molar-refractivity contribution is 7.47. The second kappa shape index (κ2) is 34.3. The van der Waals surface area contributed by atoms with Gasteiger partial charge in [0.2, 0.25) is 0 Å². The van der Waals surface area contributed by atoms with Gasteiger partial charge in [-0.25, -0.2) is 4.57 Å². The van der Waals surface area contributed by atoms with Crippen LogP contribution in [0, 0.1) is 0 Å². The van der Waals surface area contributed by atoms with Crippen molar-refractivity contribution >= 4 is 25.7 Å². The van der Waals surface area contributed by atoms with Crippen LogP contribution in [0.5, 0.6) is 0 Å². The van der Waals surface area contributed by atoms with Crippen molar-refractivity contribution in [2.75, 3.05) is 19.8 Å². The number of phosphoric ester groups is 1. The molecule has 0 bridgehead atoms.